The van der Waals surface area contributed by atoms with Crippen molar-refractivity contribution in [3.05, 3.63) is 28.8 Å². The van der Waals surface area contributed by atoms with Crippen LogP contribution in [-0.2, 0) is 11.2 Å². The zero-order chi connectivity index (χ0) is 15.0. The number of ether oxygens (including phenoxy) is 1. The quantitative estimate of drug-likeness (QED) is 0.792. The summed E-state index contributed by atoms with van der Waals surface area (Å²) in [7, 11) is 1.59. The Balaban J connectivity index is 2.39. The zero-order valence-electron chi connectivity index (χ0n) is 12.5. The summed E-state index contributed by atoms with van der Waals surface area (Å²) in [5.41, 5.74) is 1.05. The van der Waals surface area contributed by atoms with Crippen molar-refractivity contribution >= 4 is 17.5 Å². The minimum absolute atomic E-state index is 0.101. The first-order valence-corrected chi connectivity index (χ1v) is 7.57. The molecule has 0 bridgehead atoms. The van der Waals surface area contributed by atoms with Crippen LogP contribution in [0.4, 0.5) is 0 Å². The van der Waals surface area contributed by atoms with Crippen LogP contribution in [0, 0.1) is 5.92 Å². The Labute approximate surface area is 126 Å². The molecular formula is C16H24ClNO2. The van der Waals surface area contributed by atoms with E-state index >= 15 is 0 Å². The molecule has 0 aromatic heterocycles. The van der Waals surface area contributed by atoms with Gasteiger partial charge in [-0.2, -0.15) is 0 Å². The molecule has 20 heavy (non-hydrogen) atoms. The molecule has 4 heteroatoms. The Kier molecular flexibility index (Phi) is 7.45. The number of hydrogen-bond donors (Lipinski definition) is 1. The fraction of sp³-hybridized carbons (Fsp3) is 0.562. The third-order valence-electron chi connectivity index (χ3n) is 3.60. The molecule has 0 spiro atoms. The van der Waals surface area contributed by atoms with Gasteiger partial charge in [0.15, 0.2) is 0 Å². The first kappa shape index (κ1) is 16.8. The molecule has 0 fully saturated rings. The van der Waals surface area contributed by atoms with E-state index < -0.39 is 0 Å². The normalized spacial score (nSPS) is 10.7. The van der Waals surface area contributed by atoms with Crippen molar-refractivity contribution in [1.29, 1.82) is 0 Å². The lowest BCUT2D eigenvalue weighted by Crippen LogP contribution is -2.29. The monoisotopic (exact) mass is 297 g/mol. The summed E-state index contributed by atoms with van der Waals surface area (Å²) < 4.78 is 5.10. The van der Waals surface area contributed by atoms with Crippen LogP contribution < -0.4 is 10.1 Å². The van der Waals surface area contributed by atoms with Gasteiger partial charge in [0.1, 0.15) is 5.75 Å². The average Bonchev–Trinajstić information content (AvgIpc) is 2.46. The maximum atomic E-state index is 11.8. The second-order valence-electron chi connectivity index (χ2n) is 4.96. The Hall–Kier alpha value is -1.22. The van der Waals surface area contributed by atoms with E-state index in [1.165, 1.54) is 0 Å². The molecule has 1 rings (SSSR count). The molecule has 0 heterocycles. The summed E-state index contributed by atoms with van der Waals surface area (Å²) in [6, 6.07) is 5.63. The van der Waals surface area contributed by atoms with E-state index in [9.17, 15) is 4.79 Å². The third kappa shape index (κ3) is 5.41. The molecular weight excluding hydrogens is 274 g/mol. The van der Waals surface area contributed by atoms with E-state index in [1.807, 2.05) is 18.2 Å². The van der Waals surface area contributed by atoms with Gasteiger partial charge in [0.05, 0.1) is 12.1 Å². The fourth-order valence-electron chi connectivity index (χ4n) is 2.05. The van der Waals surface area contributed by atoms with E-state index in [0.29, 0.717) is 29.5 Å². The first-order chi connectivity index (χ1) is 9.60. The summed E-state index contributed by atoms with van der Waals surface area (Å²) >= 11 is 6.06. The van der Waals surface area contributed by atoms with E-state index in [1.54, 1.807) is 7.11 Å². The number of nitrogens with one attached hydrogen (secondary N) is 1. The molecule has 1 aromatic carbocycles. The van der Waals surface area contributed by atoms with Gasteiger partial charge in [-0.1, -0.05) is 44.4 Å². The maximum Gasteiger partial charge on any atom is 0.220 e. The van der Waals surface area contributed by atoms with Gasteiger partial charge in [-0.15, -0.1) is 0 Å². The Bertz CT molecular complexity index is 430. The van der Waals surface area contributed by atoms with E-state index in [4.69, 9.17) is 16.3 Å². The number of rotatable bonds is 8. The van der Waals surface area contributed by atoms with Crippen LogP contribution in [0.5, 0.6) is 5.75 Å². The van der Waals surface area contributed by atoms with Gasteiger partial charge >= 0.3 is 0 Å². The summed E-state index contributed by atoms with van der Waals surface area (Å²) in [6.45, 7) is 5.08. The van der Waals surface area contributed by atoms with Gasteiger partial charge in [0.2, 0.25) is 5.91 Å². The van der Waals surface area contributed by atoms with E-state index in [-0.39, 0.29) is 5.91 Å². The first-order valence-electron chi connectivity index (χ1n) is 7.19. The molecule has 1 aromatic rings. The maximum absolute atomic E-state index is 11.8. The molecule has 0 saturated carbocycles. The smallest absolute Gasteiger partial charge is 0.220 e. The molecule has 0 saturated heterocycles. The number of carbonyl (C=O) groups is 1. The van der Waals surface area contributed by atoms with Crippen molar-refractivity contribution in [3.63, 3.8) is 0 Å². The highest BCUT2D eigenvalue weighted by atomic mass is 35.5. The van der Waals surface area contributed by atoms with Gasteiger partial charge in [-0.05, 0) is 30.0 Å². The lowest BCUT2D eigenvalue weighted by Gasteiger charge is -2.13. The van der Waals surface area contributed by atoms with Crippen LogP contribution in [0.15, 0.2) is 18.2 Å². The summed E-state index contributed by atoms with van der Waals surface area (Å²) in [5.74, 6) is 1.34. The molecule has 1 N–H and O–H groups in total. The van der Waals surface area contributed by atoms with Crippen LogP contribution in [0.2, 0.25) is 5.02 Å². The van der Waals surface area contributed by atoms with Gasteiger partial charge < -0.3 is 10.1 Å². The van der Waals surface area contributed by atoms with Gasteiger partial charge in [0.25, 0.3) is 0 Å². The number of benzene rings is 1. The van der Waals surface area contributed by atoms with Crippen LogP contribution in [0.1, 0.15) is 38.7 Å². The number of methoxy groups -OCH3 is 1. The highest BCUT2D eigenvalue weighted by Gasteiger charge is 2.08. The van der Waals surface area contributed by atoms with Crippen molar-refractivity contribution in [1.82, 2.24) is 5.32 Å². The molecule has 0 aliphatic rings. The van der Waals surface area contributed by atoms with Crippen LogP contribution in [-0.4, -0.2) is 19.6 Å². The predicted octanol–water partition coefficient (Wildman–Crippen LogP) is 3.83. The van der Waals surface area contributed by atoms with E-state index in [0.717, 1.165) is 24.9 Å². The number of amides is 1. The van der Waals surface area contributed by atoms with Crippen molar-refractivity contribution < 1.29 is 9.53 Å². The second kappa shape index (κ2) is 8.85. The predicted molar refractivity (Wildman–Crippen MR) is 83.4 cm³/mol. The number of aryl methyl sites for hydroxylation is 1. The molecule has 1 amide bonds. The number of carbonyl (C=O) groups excluding carboxylic acids is 1. The van der Waals surface area contributed by atoms with Crippen LogP contribution in [0.3, 0.4) is 0 Å². The third-order valence-corrected chi connectivity index (χ3v) is 3.89. The lowest BCUT2D eigenvalue weighted by atomic mass is 10.0. The molecule has 0 atom stereocenters. The molecule has 0 radical (unpaired) electrons. The minimum Gasteiger partial charge on any atom is -0.495 e. The molecule has 0 aliphatic carbocycles. The van der Waals surface area contributed by atoms with Crippen molar-refractivity contribution in [3.8, 4) is 5.75 Å². The SMILES string of the molecule is CCC(CC)CNC(=O)CCc1ccc(OC)c(Cl)c1. The fourth-order valence-corrected chi connectivity index (χ4v) is 2.33. The standard InChI is InChI=1S/C16H24ClNO2/c1-4-12(5-2)11-18-16(19)9-7-13-6-8-15(20-3)14(17)10-13/h6,8,10,12H,4-5,7,9,11H2,1-3H3,(H,18,19). The van der Waals surface area contributed by atoms with E-state index in [2.05, 4.69) is 19.2 Å². The topological polar surface area (TPSA) is 38.3 Å². The molecule has 0 unspecified atom stereocenters. The van der Waals surface area contributed by atoms with Gasteiger partial charge in [-0.3, -0.25) is 4.79 Å². The minimum atomic E-state index is 0.101. The Morgan fingerprint density at radius 1 is 1.35 bits per heavy atom. The highest BCUT2D eigenvalue weighted by molar-refractivity contribution is 6.32. The van der Waals surface area contributed by atoms with Crippen molar-refractivity contribution in [2.24, 2.45) is 5.92 Å². The van der Waals surface area contributed by atoms with Gasteiger partial charge in [-0.25, -0.2) is 0 Å². The highest BCUT2D eigenvalue weighted by Crippen LogP contribution is 2.25. The summed E-state index contributed by atoms with van der Waals surface area (Å²) in [5, 5.41) is 3.58. The number of hydrogen-bond acceptors (Lipinski definition) is 2. The van der Waals surface area contributed by atoms with Crippen LogP contribution in [0.25, 0.3) is 0 Å². The summed E-state index contributed by atoms with van der Waals surface area (Å²) in [4.78, 5) is 11.8. The lowest BCUT2D eigenvalue weighted by molar-refractivity contribution is -0.121. The number of halogens is 1. The Morgan fingerprint density at radius 2 is 2.05 bits per heavy atom. The average molecular weight is 298 g/mol. The Morgan fingerprint density at radius 3 is 2.60 bits per heavy atom. The second-order valence-corrected chi connectivity index (χ2v) is 5.36. The largest absolute Gasteiger partial charge is 0.495 e. The molecule has 0 aliphatic heterocycles. The van der Waals surface area contributed by atoms with Crippen molar-refractivity contribution in [2.45, 2.75) is 39.5 Å². The van der Waals surface area contributed by atoms with Crippen LogP contribution >= 0.6 is 11.6 Å². The van der Waals surface area contributed by atoms with Gasteiger partial charge in [0, 0.05) is 13.0 Å². The molecule has 112 valence electrons. The zero-order valence-corrected chi connectivity index (χ0v) is 13.3. The molecule has 3 nitrogen and oxygen atoms in total. The van der Waals surface area contributed by atoms with Crippen molar-refractivity contribution in [2.75, 3.05) is 13.7 Å². The summed E-state index contributed by atoms with van der Waals surface area (Å²) in [6.07, 6.45) is 3.39.